The molecular formula is C57H64O33. The Morgan fingerprint density at radius 1 is 0.433 bits per heavy atom. The van der Waals surface area contributed by atoms with Gasteiger partial charge in [0.15, 0.2) is 46.4 Å². The third-order valence-electron chi connectivity index (χ3n) is 14.9. The lowest BCUT2D eigenvalue weighted by molar-refractivity contribution is -0.293. The number of hydrogen-bond acceptors (Lipinski definition) is 33. The van der Waals surface area contributed by atoms with E-state index < -0.39 is 202 Å². The molecule has 0 saturated carbocycles. The SMILES string of the molecule is O=C(/C=C/c1ccc(O[C@@H]2O[C@H](COC(=O)/C=C/c3ccc(O[C@@H]4O[C@H](CO)[C@@H](O)[C@H](O)[C@H]4O)c(O)c3)[C@@H](O)[C@H](O)[C@H]2O)c(O)c1)OC[C@H]1O[C@@H](Oc2cc(O)c3c(c2)OC(c2cc(O)c(O)c(O)c2)C(O[C@H]2O[C@@H](CO)[C@H](O)[C@@H](O)[C@@H]2O)=C3)[C@H](O)[C@@H](O)[C@@H]1O. The second-order valence-electron chi connectivity index (χ2n) is 21.1. The summed E-state index contributed by atoms with van der Waals surface area (Å²) in [6.45, 7) is -3.00. The number of fused-ring (bicyclic) bond motifs is 1. The highest BCUT2D eigenvalue weighted by atomic mass is 16.7. The zero-order chi connectivity index (χ0) is 65.2. The number of aliphatic hydroxyl groups excluding tert-OH is 14. The molecule has 0 amide bonds. The van der Waals surface area contributed by atoms with Gasteiger partial charge in [0.1, 0.15) is 134 Å². The molecule has 21 atom stereocenters. The Bertz CT molecular complexity index is 3260. The monoisotopic (exact) mass is 1280 g/mol. The summed E-state index contributed by atoms with van der Waals surface area (Å²) in [4.78, 5) is 25.6. The van der Waals surface area contributed by atoms with Gasteiger partial charge in [-0.1, -0.05) is 12.1 Å². The van der Waals surface area contributed by atoms with E-state index in [4.69, 9.17) is 52.1 Å². The first-order valence-corrected chi connectivity index (χ1v) is 27.3. The first-order valence-electron chi connectivity index (χ1n) is 27.3. The molecule has 1 unspecified atom stereocenters. The Balaban J connectivity index is 0.780. The van der Waals surface area contributed by atoms with Crippen LogP contribution in [0.5, 0.6) is 57.5 Å². The van der Waals surface area contributed by atoms with E-state index >= 15 is 0 Å². The summed E-state index contributed by atoms with van der Waals surface area (Å²) < 4.78 is 61.2. The lowest BCUT2D eigenvalue weighted by atomic mass is 9.98. The molecule has 4 saturated heterocycles. The number of carbonyl (C=O) groups is 2. The van der Waals surface area contributed by atoms with Gasteiger partial charge in [0, 0.05) is 29.8 Å². The molecule has 4 fully saturated rings. The molecule has 0 aromatic heterocycles. The summed E-state index contributed by atoms with van der Waals surface area (Å²) in [5.74, 6) is -7.73. The lowest BCUT2D eigenvalue weighted by Crippen LogP contribution is -2.60. The lowest BCUT2D eigenvalue weighted by Gasteiger charge is -2.41. The summed E-state index contributed by atoms with van der Waals surface area (Å²) in [5.41, 5.74) is 0.124. The molecule has 20 N–H and O–H groups in total. The van der Waals surface area contributed by atoms with Gasteiger partial charge in [-0.15, -0.1) is 0 Å². The number of aliphatic hydroxyl groups is 14. The molecule has 0 spiro atoms. The average Bonchev–Trinajstić information content (AvgIpc) is 0.839. The van der Waals surface area contributed by atoms with Crippen LogP contribution >= 0.6 is 0 Å². The number of ether oxygens (including phenoxy) is 11. The quantitative estimate of drug-likeness (QED) is 0.0238. The van der Waals surface area contributed by atoms with E-state index in [1.54, 1.807) is 0 Å². The fraction of sp³-hybridized carbons (Fsp3) is 0.439. The van der Waals surface area contributed by atoms with Crippen molar-refractivity contribution in [2.75, 3.05) is 26.4 Å². The molecule has 33 heteroatoms. The topological polar surface area (TPSA) is 540 Å². The molecule has 5 heterocycles. The van der Waals surface area contributed by atoms with E-state index in [-0.39, 0.29) is 51.0 Å². The number of phenolic OH excluding ortho intramolecular Hbond substituents is 6. The smallest absolute Gasteiger partial charge is 0.330 e. The van der Waals surface area contributed by atoms with Crippen LogP contribution in [0.4, 0.5) is 0 Å². The average molecular weight is 1280 g/mol. The second-order valence-corrected chi connectivity index (χ2v) is 21.1. The molecule has 490 valence electrons. The van der Waals surface area contributed by atoms with Gasteiger partial charge in [-0.25, -0.2) is 9.59 Å². The minimum absolute atomic E-state index is 0.115. The Labute approximate surface area is 506 Å². The zero-order valence-corrected chi connectivity index (χ0v) is 46.4. The van der Waals surface area contributed by atoms with E-state index in [1.807, 2.05) is 0 Å². The zero-order valence-electron chi connectivity index (χ0n) is 46.4. The summed E-state index contributed by atoms with van der Waals surface area (Å²) in [6.07, 6.45) is -31.2. The van der Waals surface area contributed by atoms with Crippen LogP contribution in [-0.4, -0.2) is 263 Å². The number of esters is 2. The highest BCUT2D eigenvalue weighted by molar-refractivity contribution is 5.88. The summed E-state index contributed by atoms with van der Waals surface area (Å²) >= 11 is 0. The van der Waals surface area contributed by atoms with Gasteiger partial charge in [-0.05, 0) is 65.8 Å². The maximum Gasteiger partial charge on any atom is 0.330 e. The van der Waals surface area contributed by atoms with Crippen LogP contribution in [0.15, 0.2) is 78.6 Å². The highest BCUT2D eigenvalue weighted by Crippen LogP contribution is 2.48. The van der Waals surface area contributed by atoms with Gasteiger partial charge < -0.3 is 154 Å². The van der Waals surface area contributed by atoms with Crippen LogP contribution in [0.1, 0.15) is 28.4 Å². The molecule has 33 nitrogen and oxygen atoms in total. The Morgan fingerprint density at radius 2 is 0.833 bits per heavy atom. The predicted molar refractivity (Wildman–Crippen MR) is 291 cm³/mol. The van der Waals surface area contributed by atoms with Crippen molar-refractivity contribution in [2.24, 2.45) is 0 Å². The molecule has 4 aromatic rings. The minimum atomic E-state index is -1.98. The normalized spacial score (nSPS) is 33.5. The van der Waals surface area contributed by atoms with Gasteiger partial charge in [0.05, 0.1) is 18.8 Å². The maximum absolute atomic E-state index is 12.9. The van der Waals surface area contributed by atoms with Crippen LogP contribution in [0, 0.1) is 0 Å². The molecule has 0 radical (unpaired) electrons. The summed E-state index contributed by atoms with van der Waals surface area (Å²) in [5, 5.41) is 208. The number of phenols is 6. The largest absolute Gasteiger partial charge is 0.507 e. The van der Waals surface area contributed by atoms with Crippen molar-refractivity contribution in [1.82, 2.24) is 0 Å². The molecule has 5 aliphatic rings. The minimum Gasteiger partial charge on any atom is -0.507 e. The summed E-state index contributed by atoms with van der Waals surface area (Å²) in [6, 6.07) is 11.4. The van der Waals surface area contributed by atoms with Crippen LogP contribution in [0.2, 0.25) is 0 Å². The van der Waals surface area contributed by atoms with Gasteiger partial charge in [-0.3, -0.25) is 0 Å². The fourth-order valence-corrected chi connectivity index (χ4v) is 9.79. The second kappa shape index (κ2) is 28.1. The van der Waals surface area contributed by atoms with Crippen molar-refractivity contribution in [3.8, 4) is 57.5 Å². The predicted octanol–water partition coefficient (Wildman–Crippen LogP) is -4.72. The third kappa shape index (κ3) is 14.5. The van der Waals surface area contributed by atoms with E-state index in [9.17, 15) is 112 Å². The van der Waals surface area contributed by atoms with Gasteiger partial charge in [0.2, 0.25) is 25.2 Å². The van der Waals surface area contributed by atoms with E-state index in [2.05, 4.69) is 0 Å². The number of aromatic hydroxyl groups is 6. The van der Waals surface area contributed by atoms with Crippen molar-refractivity contribution in [3.05, 3.63) is 101 Å². The van der Waals surface area contributed by atoms with Gasteiger partial charge >= 0.3 is 11.9 Å². The first kappa shape index (κ1) is 66.5. The number of rotatable bonds is 19. The standard InChI is InChI=1S/C57H64O33/c58-16-34-41(68)45(72)50(77)55(87-34)84-30-5-1-20(9-26(30)61)4-8-39(66)81-19-37-44(71)48(75)52(79)56(90-37)85-31-6-2-21(10-27(31)62)3-7-38(65)80-18-36-43(70)47(74)49(76)54(89-36)82-23-13-25(60)24-15-33(86-57-51(78)46(73)42(69)35(17-59)88-57)53(83-32(24)14-23)22-11-28(63)40(67)29(64)12-22/h1-15,34-37,41-64,67-79H,16-19H2/b7-3+,8-4+/t34-,35+,36-,37-,41-,42+,43-,44-,45+,46-,47+,48+,49-,50-,51+,52-,53?,54-,55-,56-,57+/m1/s1. The van der Waals surface area contributed by atoms with Crippen LogP contribution < -0.4 is 18.9 Å². The van der Waals surface area contributed by atoms with E-state index in [0.717, 1.165) is 54.6 Å². The fourth-order valence-electron chi connectivity index (χ4n) is 9.79. The number of benzene rings is 4. The van der Waals surface area contributed by atoms with E-state index in [0.29, 0.717) is 0 Å². The molecular weight excluding hydrogens is 1210 g/mol. The highest BCUT2D eigenvalue weighted by Gasteiger charge is 2.50. The van der Waals surface area contributed by atoms with Crippen LogP contribution in [0.3, 0.4) is 0 Å². The Morgan fingerprint density at radius 3 is 1.26 bits per heavy atom. The third-order valence-corrected chi connectivity index (χ3v) is 14.9. The van der Waals surface area contributed by atoms with Crippen molar-refractivity contribution >= 4 is 30.2 Å². The summed E-state index contributed by atoms with van der Waals surface area (Å²) in [7, 11) is 0. The van der Waals surface area contributed by atoms with Gasteiger partial charge in [0.25, 0.3) is 0 Å². The maximum atomic E-state index is 12.9. The van der Waals surface area contributed by atoms with Crippen LogP contribution in [0.25, 0.3) is 18.2 Å². The molecule has 4 aromatic carbocycles. The molecule has 90 heavy (non-hydrogen) atoms. The van der Waals surface area contributed by atoms with Crippen molar-refractivity contribution in [3.63, 3.8) is 0 Å². The molecule has 0 aliphatic carbocycles. The first-order chi connectivity index (χ1) is 42.7. The van der Waals surface area contributed by atoms with E-state index in [1.165, 1.54) is 36.4 Å². The van der Waals surface area contributed by atoms with Gasteiger partial charge in [-0.2, -0.15) is 0 Å². The number of hydrogen-bond donors (Lipinski definition) is 20. The van der Waals surface area contributed by atoms with Crippen LogP contribution in [-0.2, 0) is 42.7 Å². The Hall–Kier alpha value is -7.88. The molecule has 9 rings (SSSR count). The number of carbonyl (C=O) groups excluding carboxylic acids is 2. The van der Waals surface area contributed by atoms with Crippen molar-refractivity contribution < 1.29 is 164 Å². The van der Waals surface area contributed by atoms with Crippen molar-refractivity contribution in [2.45, 2.75) is 129 Å². The van der Waals surface area contributed by atoms with Crippen molar-refractivity contribution in [1.29, 1.82) is 0 Å². The molecule has 0 bridgehead atoms. The Kier molecular flexibility index (Phi) is 20.8. The molecule has 5 aliphatic heterocycles.